The van der Waals surface area contributed by atoms with Gasteiger partial charge in [-0.05, 0) is 36.4 Å². The van der Waals surface area contributed by atoms with Crippen LogP contribution in [-0.4, -0.2) is 50.8 Å². The van der Waals surface area contributed by atoms with E-state index < -0.39 is 15.9 Å². The SMILES string of the molecule is CCN(CC(=O)Nc1ccc2c(c1)OCCO2)S(=O)(=O)c1ccc(NC(C)=O)cc1. The van der Waals surface area contributed by atoms with Gasteiger partial charge in [0.05, 0.1) is 11.4 Å². The minimum absolute atomic E-state index is 0.0329. The Bertz CT molecular complexity index is 1040. The van der Waals surface area contributed by atoms with Gasteiger partial charge in [0.15, 0.2) is 11.5 Å². The number of nitrogens with one attached hydrogen (secondary N) is 2. The van der Waals surface area contributed by atoms with Crippen molar-refractivity contribution in [2.75, 3.05) is 36.9 Å². The lowest BCUT2D eigenvalue weighted by atomic mass is 10.2. The summed E-state index contributed by atoms with van der Waals surface area (Å²) >= 11 is 0. The second-order valence-corrected chi connectivity index (χ2v) is 8.48. The lowest BCUT2D eigenvalue weighted by Crippen LogP contribution is -2.37. The van der Waals surface area contributed by atoms with E-state index in [0.717, 1.165) is 4.31 Å². The zero-order valence-corrected chi connectivity index (χ0v) is 17.5. The molecule has 2 N–H and O–H groups in total. The molecule has 30 heavy (non-hydrogen) atoms. The number of hydrogen-bond donors (Lipinski definition) is 2. The van der Waals surface area contributed by atoms with Crippen LogP contribution < -0.4 is 20.1 Å². The minimum Gasteiger partial charge on any atom is -0.486 e. The molecule has 0 spiro atoms. The van der Waals surface area contributed by atoms with Crippen molar-refractivity contribution in [1.82, 2.24) is 4.31 Å². The molecule has 0 unspecified atom stereocenters. The van der Waals surface area contributed by atoms with Gasteiger partial charge in [-0.3, -0.25) is 9.59 Å². The highest BCUT2D eigenvalue weighted by atomic mass is 32.2. The van der Waals surface area contributed by atoms with E-state index in [4.69, 9.17) is 9.47 Å². The Labute approximate surface area is 175 Å². The molecule has 2 amide bonds. The fourth-order valence-electron chi connectivity index (χ4n) is 2.91. The number of carbonyl (C=O) groups excluding carboxylic acids is 2. The largest absolute Gasteiger partial charge is 0.486 e. The molecule has 0 aromatic heterocycles. The number of hydrogen-bond acceptors (Lipinski definition) is 6. The molecule has 0 atom stereocenters. The van der Waals surface area contributed by atoms with Crippen molar-refractivity contribution in [2.24, 2.45) is 0 Å². The number of sulfonamides is 1. The average Bonchev–Trinajstić information content (AvgIpc) is 2.71. The number of benzene rings is 2. The Balaban J connectivity index is 1.69. The number of carbonyl (C=O) groups is 2. The molecule has 1 aliphatic heterocycles. The summed E-state index contributed by atoms with van der Waals surface area (Å²) < 4.78 is 37.8. The van der Waals surface area contributed by atoms with Gasteiger partial charge in [0.25, 0.3) is 0 Å². The Kier molecular flexibility index (Phi) is 6.58. The fourth-order valence-corrected chi connectivity index (χ4v) is 4.32. The van der Waals surface area contributed by atoms with Gasteiger partial charge in [-0.25, -0.2) is 8.42 Å². The number of fused-ring (bicyclic) bond motifs is 1. The third kappa shape index (κ3) is 5.08. The molecule has 0 fully saturated rings. The van der Waals surface area contributed by atoms with E-state index in [1.54, 1.807) is 25.1 Å². The van der Waals surface area contributed by atoms with Crippen LogP contribution in [0.4, 0.5) is 11.4 Å². The lowest BCUT2D eigenvalue weighted by molar-refractivity contribution is -0.116. The summed E-state index contributed by atoms with van der Waals surface area (Å²) in [6, 6.07) is 10.8. The van der Waals surface area contributed by atoms with Crippen LogP contribution in [0.2, 0.25) is 0 Å². The molecule has 3 rings (SSSR count). The number of nitrogens with zero attached hydrogens (tertiary/aromatic N) is 1. The average molecular weight is 433 g/mol. The zero-order chi connectivity index (χ0) is 21.7. The van der Waals surface area contributed by atoms with Crippen molar-refractivity contribution in [1.29, 1.82) is 0 Å². The van der Waals surface area contributed by atoms with E-state index in [1.807, 2.05) is 0 Å². The standard InChI is InChI=1S/C20H23N3O6S/c1-3-23(30(26,27)17-7-4-15(5-8-17)21-14(2)24)13-20(25)22-16-6-9-18-19(12-16)29-11-10-28-18/h4-9,12H,3,10-11,13H2,1-2H3,(H,21,24)(H,22,25). The number of likely N-dealkylation sites (N-methyl/N-ethyl adjacent to an activating group) is 1. The van der Waals surface area contributed by atoms with Crippen LogP contribution in [0.1, 0.15) is 13.8 Å². The van der Waals surface area contributed by atoms with E-state index in [9.17, 15) is 18.0 Å². The number of ether oxygens (including phenoxy) is 2. The molecular formula is C20H23N3O6S. The van der Waals surface area contributed by atoms with Crippen LogP contribution in [0.25, 0.3) is 0 Å². The molecule has 1 heterocycles. The second-order valence-electron chi connectivity index (χ2n) is 6.54. The number of anilines is 2. The normalized spacial score (nSPS) is 13.0. The maximum atomic E-state index is 12.9. The molecule has 9 nitrogen and oxygen atoms in total. The van der Waals surface area contributed by atoms with E-state index in [2.05, 4.69) is 10.6 Å². The summed E-state index contributed by atoms with van der Waals surface area (Å²) in [5, 5.41) is 5.26. The first-order valence-corrected chi connectivity index (χ1v) is 10.8. The Hall–Kier alpha value is -3.11. The summed E-state index contributed by atoms with van der Waals surface area (Å²) in [5.41, 5.74) is 0.971. The van der Waals surface area contributed by atoms with E-state index in [0.29, 0.717) is 36.1 Å². The van der Waals surface area contributed by atoms with Gasteiger partial charge in [-0.1, -0.05) is 6.92 Å². The predicted molar refractivity (Wildman–Crippen MR) is 111 cm³/mol. The van der Waals surface area contributed by atoms with Crippen LogP contribution in [0.15, 0.2) is 47.4 Å². The summed E-state index contributed by atoms with van der Waals surface area (Å²) in [6.07, 6.45) is 0. The maximum absolute atomic E-state index is 12.9. The molecule has 0 bridgehead atoms. The Morgan fingerprint density at radius 3 is 2.23 bits per heavy atom. The quantitative estimate of drug-likeness (QED) is 0.691. The number of rotatable bonds is 7. The van der Waals surface area contributed by atoms with Gasteiger partial charge < -0.3 is 20.1 Å². The molecule has 160 valence electrons. The van der Waals surface area contributed by atoms with Crippen molar-refractivity contribution >= 4 is 33.2 Å². The predicted octanol–water partition coefficient (Wildman–Crippen LogP) is 2.07. The Morgan fingerprint density at radius 2 is 1.60 bits per heavy atom. The van der Waals surface area contributed by atoms with Gasteiger partial charge in [0, 0.05) is 30.9 Å². The van der Waals surface area contributed by atoms with Crippen LogP contribution >= 0.6 is 0 Å². The van der Waals surface area contributed by atoms with Crippen molar-refractivity contribution in [3.8, 4) is 11.5 Å². The maximum Gasteiger partial charge on any atom is 0.243 e. The first-order chi connectivity index (χ1) is 14.3. The van der Waals surface area contributed by atoms with Crippen LogP contribution in [0, 0.1) is 0 Å². The molecule has 0 saturated carbocycles. The molecule has 0 aliphatic carbocycles. The van der Waals surface area contributed by atoms with Gasteiger partial charge in [-0.2, -0.15) is 4.31 Å². The van der Waals surface area contributed by atoms with E-state index in [-0.39, 0.29) is 23.9 Å². The second kappa shape index (κ2) is 9.14. The zero-order valence-electron chi connectivity index (χ0n) is 16.7. The van der Waals surface area contributed by atoms with Crippen LogP contribution in [-0.2, 0) is 19.6 Å². The molecular weight excluding hydrogens is 410 g/mol. The van der Waals surface area contributed by atoms with Crippen molar-refractivity contribution < 1.29 is 27.5 Å². The van der Waals surface area contributed by atoms with Gasteiger partial charge in [0.2, 0.25) is 21.8 Å². The monoisotopic (exact) mass is 433 g/mol. The van der Waals surface area contributed by atoms with Gasteiger partial charge in [0.1, 0.15) is 13.2 Å². The molecule has 1 aliphatic rings. The molecule has 2 aromatic rings. The third-order valence-corrected chi connectivity index (χ3v) is 6.25. The topological polar surface area (TPSA) is 114 Å². The van der Waals surface area contributed by atoms with E-state index >= 15 is 0 Å². The molecule has 10 heteroatoms. The van der Waals surface area contributed by atoms with Crippen molar-refractivity contribution in [2.45, 2.75) is 18.7 Å². The highest BCUT2D eigenvalue weighted by molar-refractivity contribution is 7.89. The Morgan fingerprint density at radius 1 is 0.967 bits per heavy atom. The first kappa shape index (κ1) is 21.6. The van der Waals surface area contributed by atoms with Gasteiger partial charge in [-0.15, -0.1) is 0 Å². The lowest BCUT2D eigenvalue weighted by Gasteiger charge is -2.21. The van der Waals surface area contributed by atoms with Gasteiger partial charge >= 0.3 is 0 Å². The smallest absolute Gasteiger partial charge is 0.243 e. The number of amides is 2. The van der Waals surface area contributed by atoms with Crippen molar-refractivity contribution in [3.05, 3.63) is 42.5 Å². The fraction of sp³-hybridized carbons (Fsp3) is 0.300. The third-order valence-electron chi connectivity index (χ3n) is 4.31. The van der Waals surface area contributed by atoms with Crippen molar-refractivity contribution in [3.63, 3.8) is 0 Å². The van der Waals surface area contributed by atoms with Crippen LogP contribution in [0.3, 0.4) is 0 Å². The summed E-state index contributed by atoms with van der Waals surface area (Å²) in [4.78, 5) is 23.6. The molecule has 0 radical (unpaired) electrons. The van der Waals surface area contributed by atoms with Crippen LogP contribution in [0.5, 0.6) is 11.5 Å². The summed E-state index contributed by atoms with van der Waals surface area (Å²) in [7, 11) is -3.88. The minimum atomic E-state index is -3.88. The summed E-state index contributed by atoms with van der Waals surface area (Å²) in [6.45, 7) is 3.68. The first-order valence-electron chi connectivity index (χ1n) is 9.37. The highest BCUT2D eigenvalue weighted by Crippen LogP contribution is 2.32. The van der Waals surface area contributed by atoms with E-state index in [1.165, 1.54) is 31.2 Å². The molecule has 0 saturated heterocycles. The molecule has 2 aromatic carbocycles. The highest BCUT2D eigenvalue weighted by Gasteiger charge is 2.25. The summed E-state index contributed by atoms with van der Waals surface area (Å²) in [5.74, 6) is 0.390.